The van der Waals surface area contributed by atoms with Crippen LogP contribution in [0, 0.1) is 24.4 Å². The second kappa shape index (κ2) is 4.58. The first-order chi connectivity index (χ1) is 8.82. The summed E-state index contributed by atoms with van der Waals surface area (Å²) in [4.78, 5) is 10.8. The monoisotopic (exact) mass is 290 g/mol. The SMILES string of the molecule is Cc1nn(-c2cc(Cl)c(F)c(F)c2F)cc1C(=O)O. The Labute approximate surface area is 110 Å². The lowest BCUT2D eigenvalue weighted by Gasteiger charge is -2.06. The van der Waals surface area contributed by atoms with Crippen LogP contribution in [-0.2, 0) is 0 Å². The van der Waals surface area contributed by atoms with Gasteiger partial charge in [0.15, 0.2) is 17.5 Å². The van der Waals surface area contributed by atoms with Crippen LogP contribution >= 0.6 is 11.6 Å². The van der Waals surface area contributed by atoms with E-state index in [2.05, 4.69) is 5.10 Å². The van der Waals surface area contributed by atoms with Crippen LogP contribution in [0.2, 0.25) is 5.02 Å². The zero-order valence-corrected chi connectivity index (χ0v) is 10.2. The molecule has 0 saturated carbocycles. The van der Waals surface area contributed by atoms with Crippen molar-refractivity contribution in [1.82, 2.24) is 9.78 Å². The highest BCUT2D eigenvalue weighted by Crippen LogP contribution is 2.26. The van der Waals surface area contributed by atoms with Crippen LogP contribution in [0.3, 0.4) is 0 Å². The fourth-order valence-corrected chi connectivity index (χ4v) is 1.71. The summed E-state index contributed by atoms with van der Waals surface area (Å²) in [5.41, 5.74) is -0.549. The zero-order chi connectivity index (χ0) is 14.3. The molecule has 0 aliphatic rings. The minimum Gasteiger partial charge on any atom is -0.478 e. The third-order valence-electron chi connectivity index (χ3n) is 2.46. The molecule has 0 fully saturated rings. The Hall–Kier alpha value is -2.02. The molecule has 100 valence electrons. The van der Waals surface area contributed by atoms with Crippen molar-refractivity contribution in [3.63, 3.8) is 0 Å². The van der Waals surface area contributed by atoms with E-state index in [-0.39, 0.29) is 11.3 Å². The average molecular weight is 291 g/mol. The van der Waals surface area contributed by atoms with E-state index in [0.717, 1.165) is 16.9 Å². The summed E-state index contributed by atoms with van der Waals surface area (Å²) >= 11 is 5.41. The molecule has 2 aromatic rings. The van der Waals surface area contributed by atoms with E-state index in [0.29, 0.717) is 0 Å². The predicted molar refractivity (Wildman–Crippen MR) is 60.1 cm³/mol. The molecule has 19 heavy (non-hydrogen) atoms. The van der Waals surface area contributed by atoms with E-state index < -0.39 is 34.1 Å². The third kappa shape index (κ3) is 2.17. The molecule has 1 heterocycles. The van der Waals surface area contributed by atoms with Crippen molar-refractivity contribution >= 4 is 17.6 Å². The molecule has 0 saturated heterocycles. The topological polar surface area (TPSA) is 55.1 Å². The van der Waals surface area contributed by atoms with Gasteiger partial charge >= 0.3 is 5.97 Å². The number of carboxylic acids is 1. The number of hydrogen-bond acceptors (Lipinski definition) is 2. The molecule has 1 N–H and O–H groups in total. The highest BCUT2D eigenvalue weighted by Gasteiger charge is 2.21. The average Bonchev–Trinajstić information content (AvgIpc) is 2.73. The van der Waals surface area contributed by atoms with Crippen LogP contribution in [0.5, 0.6) is 0 Å². The smallest absolute Gasteiger partial charge is 0.339 e. The molecule has 8 heteroatoms. The van der Waals surface area contributed by atoms with Gasteiger partial charge in [-0.25, -0.2) is 22.6 Å². The lowest BCUT2D eigenvalue weighted by atomic mass is 10.2. The van der Waals surface area contributed by atoms with Gasteiger partial charge in [0.25, 0.3) is 0 Å². The van der Waals surface area contributed by atoms with Crippen molar-refractivity contribution in [2.75, 3.05) is 0 Å². The first-order valence-corrected chi connectivity index (χ1v) is 5.33. The van der Waals surface area contributed by atoms with E-state index in [1.54, 1.807) is 0 Å². The number of aryl methyl sites for hydroxylation is 1. The van der Waals surface area contributed by atoms with Gasteiger partial charge in [-0.3, -0.25) is 0 Å². The fourth-order valence-electron chi connectivity index (χ4n) is 1.52. The number of aromatic carboxylic acids is 1. The normalized spacial score (nSPS) is 10.8. The molecule has 0 aliphatic carbocycles. The van der Waals surface area contributed by atoms with Gasteiger partial charge in [-0.1, -0.05) is 11.6 Å². The predicted octanol–water partition coefficient (Wildman–Crippen LogP) is 2.95. The van der Waals surface area contributed by atoms with Gasteiger partial charge in [0.2, 0.25) is 0 Å². The van der Waals surface area contributed by atoms with Crippen LogP contribution in [0.4, 0.5) is 13.2 Å². The highest BCUT2D eigenvalue weighted by atomic mass is 35.5. The van der Waals surface area contributed by atoms with Crippen LogP contribution in [-0.4, -0.2) is 20.9 Å². The van der Waals surface area contributed by atoms with Gasteiger partial charge in [-0.2, -0.15) is 5.10 Å². The number of carboxylic acid groups (broad SMARTS) is 1. The Morgan fingerprint density at radius 1 is 1.32 bits per heavy atom. The summed E-state index contributed by atoms with van der Waals surface area (Å²) in [5, 5.41) is 11.9. The van der Waals surface area contributed by atoms with Gasteiger partial charge in [-0.05, 0) is 13.0 Å². The third-order valence-corrected chi connectivity index (χ3v) is 2.73. The van der Waals surface area contributed by atoms with Crippen LogP contribution in [0.15, 0.2) is 12.3 Å². The van der Waals surface area contributed by atoms with Crippen molar-refractivity contribution in [3.8, 4) is 5.69 Å². The molecule has 0 atom stereocenters. The summed E-state index contributed by atoms with van der Waals surface area (Å²) in [6.45, 7) is 1.39. The Morgan fingerprint density at radius 3 is 2.47 bits per heavy atom. The van der Waals surface area contributed by atoms with Crippen molar-refractivity contribution in [1.29, 1.82) is 0 Å². The van der Waals surface area contributed by atoms with Gasteiger partial charge in [-0.15, -0.1) is 0 Å². The molecule has 4 nitrogen and oxygen atoms in total. The zero-order valence-electron chi connectivity index (χ0n) is 9.42. The maximum absolute atomic E-state index is 13.6. The molecule has 0 unspecified atom stereocenters. The van der Waals surface area contributed by atoms with Crippen molar-refractivity contribution < 1.29 is 23.1 Å². The molecule has 0 radical (unpaired) electrons. The van der Waals surface area contributed by atoms with E-state index in [9.17, 15) is 18.0 Å². The second-order valence-electron chi connectivity index (χ2n) is 3.70. The Morgan fingerprint density at radius 2 is 1.95 bits per heavy atom. The van der Waals surface area contributed by atoms with Crippen molar-refractivity contribution in [3.05, 3.63) is 46.0 Å². The van der Waals surface area contributed by atoms with Gasteiger partial charge in [0, 0.05) is 6.20 Å². The molecule has 0 spiro atoms. The first-order valence-electron chi connectivity index (χ1n) is 4.96. The molecule has 0 aliphatic heterocycles. The lowest BCUT2D eigenvalue weighted by molar-refractivity contribution is 0.0696. The minimum atomic E-state index is -1.74. The van der Waals surface area contributed by atoms with Gasteiger partial charge < -0.3 is 5.11 Å². The number of rotatable bonds is 2. The van der Waals surface area contributed by atoms with Crippen LogP contribution in [0.1, 0.15) is 16.1 Å². The molecule has 1 aromatic carbocycles. The summed E-state index contributed by atoms with van der Waals surface area (Å²) in [7, 11) is 0. The lowest BCUT2D eigenvalue weighted by Crippen LogP contribution is -2.03. The first kappa shape index (κ1) is 13.4. The molecule has 0 amide bonds. The maximum atomic E-state index is 13.6. The molecule has 2 rings (SSSR count). The summed E-state index contributed by atoms with van der Waals surface area (Å²) in [6.07, 6.45) is 0.990. The van der Waals surface area contributed by atoms with E-state index in [1.807, 2.05) is 0 Å². The molecular weight excluding hydrogens is 285 g/mol. The van der Waals surface area contributed by atoms with Crippen molar-refractivity contribution in [2.45, 2.75) is 6.92 Å². The summed E-state index contributed by atoms with van der Waals surface area (Å²) in [5.74, 6) is -6.02. The Bertz CT molecular complexity index is 685. The highest BCUT2D eigenvalue weighted by molar-refractivity contribution is 6.30. The number of nitrogens with zero attached hydrogens (tertiary/aromatic N) is 2. The maximum Gasteiger partial charge on any atom is 0.339 e. The second-order valence-corrected chi connectivity index (χ2v) is 4.10. The number of benzene rings is 1. The van der Waals surface area contributed by atoms with E-state index >= 15 is 0 Å². The fraction of sp³-hybridized carbons (Fsp3) is 0.0909. The Balaban J connectivity index is 2.66. The summed E-state index contributed by atoms with van der Waals surface area (Å²) in [6, 6.07) is 0.827. The summed E-state index contributed by atoms with van der Waals surface area (Å²) < 4.78 is 40.6. The largest absolute Gasteiger partial charge is 0.478 e. The minimum absolute atomic E-state index is 0.104. The molecular formula is C11H6ClF3N2O2. The van der Waals surface area contributed by atoms with Crippen LogP contribution in [0.25, 0.3) is 5.69 Å². The van der Waals surface area contributed by atoms with E-state index in [1.165, 1.54) is 6.92 Å². The number of halogens is 4. The van der Waals surface area contributed by atoms with E-state index in [4.69, 9.17) is 16.7 Å². The molecule has 1 aromatic heterocycles. The quantitative estimate of drug-likeness (QED) is 0.683. The standard InChI is InChI=1S/C11H6ClF3N2O2/c1-4-5(11(18)19)3-17(16-4)7-2-6(12)8(13)10(15)9(7)14/h2-3H,1H3,(H,18,19). The Kier molecular flexibility index (Phi) is 3.23. The number of hydrogen-bond donors (Lipinski definition) is 1. The number of carbonyl (C=O) groups is 1. The van der Waals surface area contributed by atoms with Gasteiger partial charge in [0.05, 0.1) is 10.7 Å². The van der Waals surface area contributed by atoms with Crippen LogP contribution < -0.4 is 0 Å². The number of aromatic nitrogens is 2. The van der Waals surface area contributed by atoms with Gasteiger partial charge in [0.1, 0.15) is 11.3 Å². The molecule has 0 bridgehead atoms. The van der Waals surface area contributed by atoms with Crippen molar-refractivity contribution in [2.24, 2.45) is 0 Å².